The molecule has 0 saturated heterocycles. The lowest BCUT2D eigenvalue weighted by Crippen LogP contribution is -2.29. The fraction of sp³-hybridized carbons (Fsp3) is 0.182. The summed E-state index contributed by atoms with van der Waals surface area (Å²) in [5, 5.41) is 23.9. The van der Waals surface area contributed by atoms with Gasteiger partial charge >= 0.3 is 0 Å². The van der Waals surface area contributed by atoms with Crippen molar-refractivity contribution in [1.29, 1.82) is 0 Å². The van der Waals surface area contributed by atoms with Gasteiger partial charge in [-0.05, 0) is 6.07 Å². The van der Waals surface area contributed by atoms with Gasteiger partial charge in [-0.25, -0.2) is 0 Å². The van der Waals surface area contributed by atoms with Crippen LogP contribution >= 0.6 is 0 Å². The van der Waals surface area contributed by atoms with Gasteiger partial charge in [-0.15, -0.1) is 0 Å². The Morgan fingerprint density at radius 1 is 1.13 bits per heavy atom. The highest BCUT2D eigenvalue weighted by Crippen LogP contribution is 2.25. The van der Waals surface area contributed by atoms with Gasteiger partial charge in [0, 0.05) is 18.8 Å². The highest BCUT2D eigenvalue weighted by atomic mass is 16.5. The minimum Gasteiger partial charge on any atom is -0.357 e. The molecule has 2 aromatic rings. The molecule has 4 heteroatoms. The van der Waals surface area contributed by atoms with Gasteiger partial charge in [0.1, 0.15) is 5.69 Å². The number of nitrogens with zero attached hydrogens (tertiary/aromatic N) is 2. The molecule has 0 fully saturated rings. The largest absolute Gasteiger partial charge is 0.357 e. The Labute approximate surface area is 87.4 Å². The normalized spacial score (nSPS) is 11.7. The average Bonchev–Trinajstić information content (AvgIpc) is 2.66. The van der Waals surface area contributed by atoms with E-state index in [1.165, 1.54) is 10.9 Å². The number of rotatable bonds is 2. The van der Waals surface area contributed by atoms with Crippen LogP contribution in [0, 0.1) is 0 Å². The SMILES string of the molecule is Cn1nccc1C(O)(O)c1ccccc1. The average molecular weight is 204 g/mol. The Morgan fingerprint density at radius 2 is 1.80 bits per heavy atom. The first-order valence-corrected chi connectivity index (χ1v) is 4.61. The fourth-order valence-corrected chi connectivity index (χ4v) is 1.53. The van der Waals surface area contributed by atoms with E-state index in [9.17, 15) is 10.2 Å². The molecule has 0 spiro atoms. The quantitative estimate of drug-likeness (QED) is 0.704. The monoisotopic (exact) mass is 204 g/mol. The third-order valence-corrected chi connectivity index (χ3v) is 2.35. The van der Waals surface area contributed by atoms with E-state index in [-0.39, 0.29) is 0 Å². The van der Waals surface area contributed by atoms with Gasteiger partial charge in [0.25, 0.3) is 0 Å². The van der Waals surface area contributed by atoms with Gasteiger partial charge in [0.2, 0.25) is 5.79 Å². The summed E-state index contributed by atoms with van der Waals surface area (Å²) in [7, 11) is 1.67. The van der Waals surface area contributed by atoms with Crippen molar-refractivity contribution in [3.63, 3.8) is 0 Å². The van der Waals surface area contributed by atoms with Crippen LogP contribution < -0.4 is 0 Å². The van der Waals surface area contributed by atoms with E-state index in [4.69, 9.17) is 0 Å². The highest BCUT2D eigenvalue weighted by Gasteiger charge is 2.30. The molecule has 0 amide bonds. The molecule has 15 heavy (non-hydrogen) atoms. The number of aromatic nitrogens is 2. The Morgan fingerprint density at radius 3 is 2.33 bits per heavy atom. The Kier molecular flexibility index (Phi) is 2.30. The molecule has 0 bridgehead atoms. The van der Waals surface area contributed by atoms with Crippen LogP contribution in [-0.4, -0.2) is 20.0 Å². The summed E-state index contributed by atoms with van der Waals surface area (Å²) in [5.74, 6) is -1.99. The third kappa shape index (κ3) is 1.65. The van der Waals surface area contributed by atoms with Gasteiger partial charge < -0.3 is 10.2 Å². The Bertz CT molecular complexity index is 449. The molecule has 0 atom stereocenters. The summed E-state index contributed by atoms with van der Waals surface area (Å²) in [4.78, 5) is 0. The maximum absolute atomic E-state index is 10.0. The van der Waals surface area contributed by atoms with Crippen molar-refractivity contribution in [2.24, 2.45) is 7.05 Å². The topological polar surface area (TPSA) is 58.3 Å². The second kappa shape index (κ2) is 3.49. The number of aliphatic hydroxyl groups is 2. The molecule has 2 N–H and O–H groups in total. The lowest BCUT2D eigenvalue weighted by atomic mass is 10.0. The molecule has 4 nitrogen and oxygen atoms in total. The lowest BCUT2D eigenvalue weighted by molar-refractivity contribution is -0.137. The van der Waals surface area contributed by atoms with Crippen molar-refractivity contribution < 1.29 is 10.2 Å². The molecule has 2 rings (SSSR count). The summed E-state index contributed by atoms with van der Waals surface area (Å²) >= 11 is 0. The molecule has 0 unspecified atom stereocenters. The van der Waals surface area contributed by atoms with Crippen molar-refractivity contribution in [3.8, 4) is 0 Å². The summed E-state index contributed by atoms with van der Waals surface area (Å²) < 4.78 is 1.44. The number of benzene rings is 1. The summed E-state index contributed by atoms with van der Waals surface area (Å²) in [5.41, 5.74) is 0.766. The van der Waals surface area contributed by atoms with Gasteiger partial charge in [0.05, 0.1) is 0 Å². The maximum atomic E-state index is 10.0. The minimum atomic E-state index is -1.99. The molecular formula is C11H12N2O2. The molecule has 0 radical (unpaired) electrons. The van der Waals surface area contributed by atoms with Crippen LogP contribution in [0.15, 0.2) is 42.6 Å². The van der Waals surface area contributed by atoms with Crippen LogP contribution in [-0.2, 0) is 12.8 Å². The molecule has 0 aliphatic heterocycles. The summed E-state index contributed by atoms with van der Waals surface area (Å²) in [6, 6.07) is 10.2. The van der Waals surface area contributed by atoms with E-state index in [1.807, 2.05) is 6.07 Å². The van der Waals surface area contributed by atoms with Crippen molar-refractivity contribution in [2.45, 2.75) is 5.79 Å². The smallest absolute Gasteiger partial charge is 0.234 e. The molecule has 0 aliphatic rings. The molecule has 0 aliphatic carbocycles. The Balaban J connectivity index is 2.48. The third-order valence-electron chi connectivity index (χ3n) is 2.35. The van der Waals surface area contributed by atoms with Crippen LogP contribution in [0.4, 0.5) is 0 Å². The van der Waals surface area contributed by atoms with Gasteiger partial charge in [-0.2, -0.15) is 5.10 Å². The van der Waals surface area contributed by atoms with Crippen LogP contribution in [0.3, 0.4) is 0 Å². The zero-order valence-corrected chi connectivity index (χ0v) is 8.33. The predicted molar refractivity (Wildman–Crippen MR) is 54.9 cm³/mol. The second-order valence-corrected chi connectivity index (χ2v) is 3.38. The van der Waals surface area contributed by atoms with Crippen molar-refractivity contribution in [1.82, 2.24) is 9.78 Å². The summed E-state index contributed by atoms with van der Waals surface area (Å²) in [6.45, 7) is 0. The first kappa shape index (κ1) is 9.89. The fourth-order valence-electron chi connectivity index (χ4n) is 1.53. The Hall–Kier alpha value is -1.65. The molecule has 1 aromatic heterocycles. The van der Waals surface area contributed by atoms with Crippen molar-refractivity contribution >= 4 is 0 Å². The van der Waals surface area contributed by atoms with E-state index >= 15 is 0 Å². The van der Waals surface area contributed by atoms with E-state index in [0.29, 0.717) is 11.3 Å². The maximum Gasteiger partial charge on any atom is 0.234 e. The lowest BCUT2D eigenvalue weighted by Gasteiger charge is -2.22. The number of hydrogen-bond donors (Lipinski definition) is 2. The van der Waals surface area contributed by atoms with Crippen LogP contribution in [0.25, 0.3) is 0 Å². The van der Waals surface area contributed by atoms with Crippen LogP contribution in [0.5, 0.6) is 0 Å². The molecule has 1 heterocycles. The second-order valence-electron chi connectivity index (χ2n) is 3.38. The van der Waals surface area contributed by atoms with E-state index in [2.05, 4.69) is 5.10 Å². The van der Waals surface area contributed by atoms with Gasteiger partial charge in [-0.3, -0.25) is 4.68 Å². The first-order chi connectivity index (χ1) is 7.12. The van der Waals surface area contributed by atoms with Crippen molar-refractivity contribution in [3.05, 3.63) is 53.9 Å². The highest BCUT2D eigenvalue weighted by molar-refractivity contribution is 5.28. The molecule has 1 aromatic carbocycles. The first-order valence-electron chi connectivity index (χ1n) is 4.61. The van der Waals surface area contributed by atoms with Gasteiger partial charge in [-0.1, -0.05) is 30.3 Å². The van der Waals surface area contributed by atoms with E-state index < -0.39 is 5.79 Å². The molecular weight excluding hydrogens is 192 g/mol. The zero-order chi connectivity index (χ0) is 10.9. The van der Waals surface area contributed by atoms with Gasteiger partial charge in [0.15, 0.2) is 0 Å². The van der Waals surface area contributed by atoms with E-state index in [0.717, 1.165) is 0 Å². The van der Waals surface area contributed by atoms with Crippen molar-refractivity contribution in [2.75, 3.05) is 0 Å². The zero-order valence-electron chi connectivity index (χ0n) is 8.33. The van der Waals surface area contributed by atoms with Crippen LogP contribution in [0.2, 0.25) is 0 Å². The van der Waals surface area contributed by atoms with Crippen LogP contribution in [0.1, 0.15) is 11.3 Å². The minimum absolute atomic E-state index is 0.341. The molecule has 78 valence electrons. The molecule has 0 saturated carbocycles. The number of aryl methyl sites for hydroxylation is 1. The van der Waals surface area contributed by atoms with E-state index in [1.54, 1.807) is 37.4 Å². The summed E-state index contributed by atoms with van der Waals surface area (Å²) in [6.07, 6.45) is 1.53. The number of hydrogen-bond acceptors (Lipinski definition) is 3. The predicted octanol–water partition coefficient (Wildman–Crippen LogP) is 0.606. The standard InChI is InChI=1S/C11H12N2O2/c1-13-10(7-8-12-13)11(14,15)9-5-3-2-4-6-9/h2-8,14-15H,1H3.